The van der Waals surface area contributed by atoms with Crippen LogP contribution < -0.4 is 10.5 Å². The Bertz CT molecular complexity index is 366. The van der Waals surface area contributed by atoms with E-state index in [1.54, 1.807) is 7.11 Å². The number of piperidine rings is 1. The highest BCUT2D eigenvalue weighted by atomic mass is 16.5. The highest BCUT2D eigenvalue weighted by molar-refractivity contribution is 5.28. The van der Waals surface area contributed by atoms with Gasteiger partial charge in [-0.25, -0.2) is 0 Å². The standard InChI is InChI=1S/C14H22N2O/c1-14(15)6-8-16(9-7-14)11-12-4-3-5-13(10-12)17-2/h3-5,10H,6-9,11,15H2,1-2H3. The summed E-state index contributed by atoms with van der Waals surface area (Å²) in [5.74, 6) is 0.933. The van der Waals surface area contributed by atoms with Crippen molar-refractivity contribution in [3.8, 4) is 5.75 Å². The molecule has 0 aromatic heterocycles. The van der Waals surface area contributed by atoms with Crippen LogP contribution in [0.5, 0.6) is 5.75 Å². The van der Waals surface area contributed by atoms with Crippen molar-refractivity contribution in [3.63, 3.8) is 0 Å². The molecular formula is C14H22N2O. The lowest BCUT2D eigenvalue weighted by Gasteiger charge is -2.36. The van der Waals surface area contributed by atoms with E-state index < -0.39 is 0 Å². The van der Waals surface area contributed by atoms with Crippen molar-refractivity contribution in [2.45, 2.75) is 31.8 Å². The fourth-order valence-corrected chi connectivity index (χ4v) is 2.25. The topological polar surface area (TPSA) is 38.5 Å². The monoisotopic (exact) mass is 234 g/mol. The number of benzene rings is 1. The van der Waals surface area contributed by atoms with E-state index in [4.69, 9.17) is 10.5 Å². The number of nitrogens with two attached hydrogens (primary N) is 1. The summed E-state index contributed by atoms with van der Waals surface area (Å²) in [6.07, 6.45) is 2.16. The van der Waals surface area contributed by atoms with Gasteiger partial charge in [-0.1, -0.05) is 12.1 Å². The first-order chi connectivity index (χ1) is 8.09. The van der Waals surface area contributed by atoms with Crippen molar-refractivity contribution in [1.82, 2.24) is 4.90 Å². The summed E-state index contributed by atoms with van der Waals surface area (Å²) in [7, 11) is 1.71. The number of hydrogen-bond acceptors (Lipinski definition) is 3. The molecule has 1 saturated heterocycles. The van der Waals surface area contributed by atoms with Gasteiger partial charge in [-0.15, -0.1) is 0 Å². The molecule has 3 nitrogen and oxygen atoms in total. The van der Waals surface area contributed by atoms with E-state index in [1.165, 1.54) is 5.56 Å². The third-order valence-corrected chi connectivity index (χ3v) is 3.54. The molecule has 1 aromatic rings. The van der Waals surface area contributed by atoms with Gasteiger partial charge in [0.25, 0.3) is 0 Å². The van der Waals surface area contributed by atoms with Crippen molar-refractivity contribution < 1.29 is 4.74 Å². The van der Waals surface area contributed by atoms with Crippen LogP contribution in [-0.2, 0) is 6.54 Å². The van der Waals surface area contributed by atoms with Gasteiger partial charge in [0.05, 0.1) is 7.11 Å². The molecule has 0 radical (unpaired) electrons. The maximum Gasteiger partial charge on any atom is 0.119 e. The van der Waals surface area contributed by atoms with E-state index in [9.17, 15) is 0 Å². The lowest BCUT2D eigenvalue weighted by Crippen LogP contribution is -2.47. The number of nitrogens with zero attached hydrogens (tertiary/aromatic N) is 1. The van der Waals surface area contributed by atoms with Crippen LogP contribution in [0.15, 0.2) is 24.3 Å². The van der Waals surface area contributed by atoms with Gasteiger partial charge in [0.2, 0.25) is 0 Å². The Morgan fingerprint density at radius 3 is 2.71 bits per heavy atom. The molecular weight excluding hydrogens is 212 g/mol. The molecule has 1 aliphatic rings. The minimum atomic E-state index is 0.0326. The number of hydrogen-bond donors (Lipinski definition) is 1. The van der Waals surface area contributed by atoms with Crippen LogP contribution in [0.3, 0.4) is 0 Å². The Kier molecular flexibility index (Phi) is 3.69. The average Bonchev–Trinajstić information content (AvgIpc) is 2.32. The SMILES string of the molecule is COc1cccc(CN2CCC(C)(N)CC2)c1. The minimum Gasteiger partial charge on any atom is -0.497 e. The first-order valence-corrected chi connectivity index (χ1v) is 6.23. The first kappa shape index (κ1) is 12.4. The summed E-state index contributed by atoms with van der Waals surface area (Å²) in [6.45, 7) is 5.32. The molecule has 3 heteroatoms. The van der Waals surface area contributed by atoms with Crippen LogP contribution in [0.1, 0.15) is 25.3 Å². The van der Waals surface area contributed by atoms with E-state index in [0.717, 1.165) is 38.2 Å². The summed E-state index contributed by atoms with van der Waals surface area (Å²) in [6, 6.07) is 8.29. The smallest absolute Gasteiger partial charge is 0.119 e. The normalized spacial score (nSPS) is 20.2. The summed E-state index contributed by atoms with van der Waals surface area (Å²) in [5, 5.41) is 0. The van der Waals surface area contributed by atoms with E-state index >= 15 is 0 Å². The molecule has 94 valence electrons. The lowest BCUT2D eigenvalue weighted by molar-refractivity contribution is 0.165. The summed E-state index contributed by atoms with van der Waals surface area (Å²) < 4.78 is 5.24. The van der Waals surface area contributed by atoms with E-state index in [-0.39, 0.29) is 5.54 Å². The molecule has 1 aliphatic heterocycles. The van der Waals surface area contributed by atoms with Gasteiger partial charge in [-0.05, 0) is 37.5 Å². The van der Waals surface area contributed by atoms with Gasteiger partial charge >= 0.3 is 0 Å². The summed E-state index contributed by atoms with van der Waals surface area (Å²) in [4.78, 5) is 2.46. The van der Waals surface area contributed by atoms with Crippen molar-refractivity contribution >= 4 is 0 Å². The van der Waals surface area contributed by atoms with Gasteiger partial charge in [0, 0.05) is 25.2 Å². The fraction of sp³-hybridized carbons (Fsp3) is 0.571. The Hall–Kier alpha value is -1.06. The number of ether oxygens (including phenoxy) is 1. The second-order valence-electron chi connectivity index (χ2n) is 5.28. The van der Waals surface area contributed by atoms with Crippen LogP contribution in [0.2, 0.25) is 0 Å². The van der Waals surface area contributed by atoms with Crippen molar-refractivity contribution in [1.29, 1.82) is 0 Å². The molecule has 0 saturated carbocycles. The molecule has 0 spiro atoms. The molecule has 1 heterocycles. The second-order valence-corrected chi connectivity index (χ2v) is 5.28. The molecule has 17 heavy (non-hydrogen) atoms. The minimum absolute atomic E-state index is 0.0326. The average molecular weight is 234 g/mol. The highest BCUT2D eigenvalue weighted by Crippen LogP contribution is 2.21. The largest absolute Gasteiger partial charge is 0.497 e. The van der Waals surface area contributed by atoms with Crippen molar-refractivity contribution in [2.75, 3.05) is 20.2 Å². The Morgan fingerprint density at radius 2 is 2.06 bits per heavy atom. The van der Waals surface area contributed by atoms with E-state index in [1.807, 2.05) is 12.1 Å². The van der Waals surface area contributed by atoms with E-state index in [2.05, 4.69) is 24.0 Å². The summed E-state index contributed by atoms with van der Waals surface area (Å²) in [5.41, 5.74) is 7.48. The summed E-state index contributed by atoms with van der Waals surface area (Å²) >= 11 is 0. The molecule has 0 bridgehead atoms. The van der Waals surface area contributed by atoms with Gasteiger partial charge in [0.1, 0.15) is 5.75 Å². The fourth-order valence-electron chi connectivity index (χ4n) is 2.25. The second kappa shape index (κ2) is 5.07. The Morgan fingerprint density at radius 1 is 1.35 bits per heavy atom. The maximum atomic E-state index is 6.13. The third-order valence-electron chi connectivity index (χ3n) is 3.54. The van der Waals surface area contributed by atoms with Crippen molar-refractivity contribution in [3.05, 3.63) is 29.8 Å². The molecule has 1 aromatic carbocycles. The van der Waals surface area contributed by atoms with Gasteiger partial charge in [-0.3, -0.25) is 4.90 Å². The van der Waals surface area contributed by atoms with Crippen molar-refractivity contribution in [2.24, 2.45) is 5.73 Å². The molecule has 0 atom stereocenters. The van der Waals surface area contributed by atoms with Crippen LogP contribution in [0.25, 0.3) is 0 Å². The van der Waals surface area contributed by atoms with Crippen LogP contribution in [0.4, 0.5) is 0 Å². The van der Waals surface area contributed by atoms with Crippen LogP contribution in [-0.4, -0.2) is 30.6 Å². The molecule has 0 amide bonds. The van der Waals surface area contributed by atoms with Crippen LogP contribution in [0, 0.1) is 0 Å². The zero-order valence-corrected chi connectivity index (χ0v) is 10.8. The molecule has 2 N–H and O–H groups in total. The third kappa shape index (κ3) is 3.45. The number of likely N-dealkylation sites (tertiary alicyclic amines) is 1. The molecule has 0 aliphatic carbocycles. The van der Waals surface area contributed by atoms with Gasteiger partial charge < -0.3 is 10.5 Å². The molecule has 1 fully saturated rings. The van der Waals surface area contributed by atoms with Gasteiger partial charge in [0.15, 0.2) is 0 Å². The lowest BCUT2D eigenvalue weighted by atomic mass is 9.91. The predicted molar refractivity (Wildman–Crippen MR) is 70.1 cm³/mol. The van der Waals surface area contributed by atoms with E-state index in [0.29, 0.717) is 0 Å². The zero-order chi connectivity index (χ0) is 12.3. The first-order valence-electron chi connectivity index (χ1n) is 6.23. The quantitative estimate of drug-likeness (QED) is 0.869. The van der Waals surface area contributed by atoms with Crippen LogP contribution >= 0.6 is 0 Å². The Balaban J connectivity index is 1.93. The molecule has 2 rings (SSSR count). The Labute approximate surface area is 104 Å². The zero-order valence-electron chi connectivity index (χ0n) is 10.8. The highest BCUT2D eigenvalue weighted by Gasteiger charge is 2.25. The maximum absolute atomic E-state index is 6.13. The van der Waals surface area contributed by atoms with Gasteiger partial charge in [-0.2, -0.15) is 0 Å². The molecule has 0 unspecified atom stereocenters. The predicted octanol–water partition coefficient (Wildman–Crippen LogP) is 2.01. The number of methoxy groups -OCH3 is 1. The number of rotatable bonds is 3.